The lowest BCUT2D eigenvalue weighted by atomic mass is 9.95. The number of carbonyl (C=O) groups excluding carboxylic acids is 1. The number of carboxylic acids is 1. The van der Waals surface area contributed by atoms with Crippen molar-refractivity contribution >= 4 is 17.6 Å². The fourth-order valence-electron chi connectivity index (χ4n) is 2.10. The second kappa shape index (κ2) is 4.68. The zero-order chi connectivity index (χ0) is 13.3. The predicted octanol–water partition coefficient (Wildman–Crippen LogP) is 1.12. The molecule has 0 radical (unpaired) electrons. The molecule has 1 aliphatic rings. The highest BCUT2D eigenvalue weighted by molar-refractivity contribution is 5.95. The number of rotatable bonds is 3. The van der Waals surface area contributed by atoms with Crippen molar-refractivity contribution in [2.75, 3.05) is 18.8 Å². The number of aliphatic carboxylic acids is 1. The Labute approximate surface area is 105 Å². The number of hydrogen-bond donors (Lipinski definition) is 2. The largest absolute Gasteiger partial charge is 0.481 e. The Bertz CT molecular complexity index is 493. The van der Waals surface area contributed by atoms with E-state index in [1.807, 2.05) is 6.92 Å². The van der Waals surface area contributed by atoms with Crippen LogP contribution in [0.25, 0.3) is 0 Å². The highest BCUT2D eigenvalue weighted by Crippen LogP contribution is 2.22. The minimum Gasteiger partial charge on any atom is -0.481 e. The van der Waals surface area contributed by atoms with Crippen molar-refractivity contribution in [1.82, 2.24) is 4.90 Å². The maximum atomic E-state index is 12.1. The zero-order valence-electron chi connectivity index (χ0n) is 10.2. The number of amides is 1. The minimum absolute atomic E-state index is 0.0558. The first-order valence-electron chi connectivity index (χ1n) is 5.84. The summed E-state index contributed by atoms with van der Waals surface area (Å²) >= 11 is 0. The molecule has 3 N–H and O–H groups in total. The molecule has 0 aliphatic carbocycles. The molecule has 1 aromatic rings. The minimum atomic E-state index is -0.810. The molecule has 96 valence electrons. The first-order valence-corrected chi connectivity index (χ1v) is 5.84. The number of anilines is 1. The lowest BCUT2D eigenvalue weighted by Gasteiger charge is -2.38. The lowest BCUT2D eigenvalue weighted by molar-refractivity contribution is -0.139. The first kappa shape index (κ1) is 12.4. The molecular weight excluding hydrogens is 232 g/mol. The summed E-state index contributed by atoms with van der Waals surface area (Å²) in [7, 11) is 0. The van der Waals surface area contributed by atoms with Crippen LogP contribution < -0.4 is 5.73 Å². The molecule has 1 amide bonds. The summed E-state index contributed by atoms with van der Waals surface area (Å²) in [5.41, 5.74) is 7.85. The molecule has 5 nitrogen and oxygen atoms in total. The van der Waals surface area contributed by atoms with Crippen LogP contribution in [0.2, 0.25) is 0 Å². The molecule has 0 spiro atoms. The number of carboxylic acid groups (broad SMARTS) is 1. The van der Waals surface area contributed by atoms with Gasteiger partial charge in [-0.2, -0.15) is 0 Å². The van der Waals surface area contributed by atoms with Crippen molar-refractivity contribution in [2.24, 2.45) is 5.92 Å². The Morgan fingerprint density at radius 2 is 2.11 bits per heavy atom. The number of hydrogen-bond acceptors (Lipinski definition) is 3. The van der Waals surface area contributed by atoms with Crippen LogP contribution in [-0.4, -0.2) is 35.0 Å². The van der Waals surface area contributed by atoms with E-state index < -0.39 is 5.97 Å². The van der Waals surface area contributed by atoms with Crippen molar-refractivity contribution in [3.8, 4) is 0 Å². The van der Waals surface area contributed by atoms with Gasteiger partial charge in [-0.15, -0.1) is 0 Å². The Morgan fingerprint density at radius 1 is 1.44 bits per heavy atom. The van der Waals surface area contributed by atoms with Crippen molar-refractivity contribution < 1.29 is 14.7 Å². The summed E-state index contributed by atoms with van der Waals surface area (Å²) in [4.78, 5) is 24.2. The van der Waals surface area contributed by atoms with Crippen LogP contribution >= 0.6 is 0 Å². The average Bonchev–Trinajstić information content (AvgIpc) is 2.25. The topological polar surface area (TPSA) is 83.6 Å². The van der Waals surface area contributed by atoms with Gasteiger partial charge in [0.05, 0.1) is 6.42 Å². The normalized spacial score (nSPS) is 15.3. The summed E-state index contributed by atoms with van der Waals surface area (Å²) in [5.74, 6) is -0.781. The highest BCUT2D eigenvalue weighted by atomic mass is 16.4. The van der Waals surface area contributed by atoms with Gasteiger partial charge >= 0.3 is 5.97 Å². The second-order valence-electron chi connectivity index (χ2n) is 4.75. The number of benzene rings is 1. The third-order valence-corrected chi connectivity index (χ3v) is 3.22. The number of nitrogens with zero attached hydrogens (tertiary/aromatic N) is 1. The summed E-state index contributed by atoms with van der Waals surface area (Å²) in [6.07, 6.45) is 0.130. The van der Waals surface area contributed by atoms with Gasteiger partial charge in [0.2, 0.25) is 0 Å². The number of aryl methyl sites for hydroxylation is 1. The molecule has 1 aromatic carbocycles. The van der Waals surface area contributed by atoms with Crippen LogP contribution in [0.15, 0.2) is 18.2 Å². The van der Waals surface area contributed by atoms with E-state index in [9.17, 15) is 9.59 Å². The van der Waals surface area contributed by atoms with Crippen LogP contribution in [0.4, 0.5) is 5.69 Å². The Kier molecular flexibility index (Phi) is 3.23. The van der Waals surface area contributed by atoms with Crippen molar-refractivity contribution in [2.45, 2.75) is 13.3 Å². The third kappa shape index (κ3) is 2.45. The van der Waals surface area contributed by atoms with Gasteiger partial charge in [0.25, 0.3) is 5.91 Å². The van der Waals surface area contributed by atoms with E-state index in [4.69, 9.17) is 10.8 Å². The van der Waals surface area contributed by atoms with E-state index >= 15 is 0 Å². The van der Waals surface area contributed by atoms with Gasteiger partial charge in [0.15, 0.2) is 0 Å². The number of nitrogens with two attached hydrogens (primary N) is 1. The fourth-order valence-corrected chi connectivity index (χ4v) is 2.10. The van der Waals surface area contributed by atoms with E-state index in [0.717, 1.165) is 5.56 Å². The van der Waals surface area contributed by atoms with E-state index in [2.05, 4.69) is 0 Å². The second-order valence-corrected chi connectivity index (χ2v) is 4.75. The molecule has 1 heterocycles. The Balaban J connectivity index is 1.97. The zero-order valence-corrected chi connectivity index (χ0v) is 10.2. The first-order chi connectivity index (χ1) is 8.47. The SMILES string of the molecule is Cc1cc(C(=O)N2CC(CC(=O)O)C2)ccc1N. The standard InChI is InChI=1S/C13H16N2O3/c1-8-4-10(2-3-11(8)14)13(18)15-6-9(7-15)5-12(16)17/h2-4,9H,5-7,14H2,1H3,(H,16,17). The van der Waals surface area contributed by atoms with Crippen LogP contribution in [0.3, 0.4) is 0 Å². The van der Waals surface area contributed by atoms with Gasteiger partial charge < -0.3 is 15.7 Å². The third-order valence-electron chi connectivity index (χ3n) is 3.22. The summed E-state index contributed by atoms with van der Waals surface area (Å²) < 4.78 is 0. The molecule has 0 unspecified atom stereocenters. The maximum Gasteiger partial charge on any atom is 0.303 e. The van der Waals surface area contributed by atoms with E-state index in [0.29, 0.717) is 24.3 Å². The van der Waals surface area contributed by atoms with Crippen LogP contribution in [0, 0.1) is 12.8 Å². The van der Waals surface area contributed by atoms with Crippen molar-refractivity contribution in [1.29, 1.82) is 0 Å². The van der Waals surface area contributed by atoms with Gasteiger partial charge in [-0.25, -0.2) is 0 Å². The fraction of sp³-hybridized carbons (Fsp3) is 0.385. The number of carbonyl (C=O) groups is 2. The van der Waals surface area contributed by atoms with Gasteiger partial charge in [-0.1, -0.05) is 0 Å². The van der Waals surface area contributed by atoms with Gasteiger partial charge in [0.1, 0.15) is 0 Å². The van der Waals surface area contributed by atoms with Crippen LogP contribution in [-0.2, 0) is 4.79 Å². The maximum absolute atomic E-state index is 12.1. The quantitative estimate of drug-likeness (QED) is 0.785. The summed E-state index contributed by atoms with van der Waals surface area (Å²) in [5, 5.41) is 8.64. The Hall–Kier alpha value is -2.04. The Morgan fingerprint density at radius 3 is 2.67 bits per heavy atom. The van der Waals surface area contributed by atoms with Crippen LogP contribution in [0.5, 0.6) is 0 Å². The van der Waals surface area contributed by atoms with E-state index in [1.165, 1.54) is 0 Å². The van der Waals surface area contributed by atoms with E-state index in [-0.39, 0.29) is 18.2 Å². The molecule has 1 fully saturated rings. The average molecular weight is 248 g/mol. The predicted molar refractivity (Wildman–Crippen MR) is 67.2 cm³/mol. The molecule has 1 aliphatic heterocycles. The van der Waals surface area contributed by atoms with Crippen molar-refractivity contribution in [3.63, 3.8) is 0 Å². The molecular formula is C13H16N2O3. The number of likely N-dealkylation sites (tertiary alicyclic amines) is 1. The lowest BCUT2D eigenvalue weighted by Crippen LogP contribution is -2.50. The number of nitrogen functional groups attached to an aromatic ring is 1. The van der Waals surface area contributed by atoms with Gasteiger partial charge in [0, 0.05) is 30.3 Å². The molecule has 0 atom stereocenters. The highest BCUT2D eigenvalue weighted by Gasteiger charge is 2.32. The molecule has 18 heavy (non-hydrogen) atoms. The molecule has 1 saturated heterocycles. The van der Waals surface area contributed by atoms with Crippen molar-refractivity contribution in [3.05, 3.63) is 29.3 Å². The molecule has 0 saturated carbocycles. The summed E-state index contributed by atoms with van der Waals surface area (Å²) in [6.45, 7) is 2.90. The molecule has 0 bridgehead atoms. The molecule has 0 aromatic heterocycles. The molecule has 5 heteroatoms. The molecule has 2 rings (SSSR count). The monoisotopic (exact) mass is 248 g/mol. The van der Waals surface area contributed by atoms with Crippen LogP contribution in [0.1, 0.15) is 22.3 Å². The van der Waals surface area contributed by atoms with Gasteiger partial charge in [-0.05, 0) is 30.7 Å². The smallest absolute Gasteiger partial charge is 0.303 e. The van der Waals surface area contributed by atoms with Gasteiger partial charge in [-0.3, -0.25) is 9.59 Å². The summed E-state index contributed by atoms with van der Waals surface area (Å²) in [6, 6.07) is 5.19. The van der Waals surface area contributed by atoms with E-state index in [1.54, 1.807) is 23.1 Å².